The van der Waals surface area contributed by atoms with Crippen LogP contribution in [0.2, 0.25) is 0 Å². The normalized spacial score (nSPS) is 12.8. The molecule has 1 aromatic heterocycles. The number of furan rings is 1. The molecule has 0 fully saturated rings. The van der Waals surface area contributed by atoms with Crippen LogP contribution in [0, 0.1) is 0 Å². The molecule has 1 heterocycles. The van der Waals surface area contributed by atoms with E-state index in [0.717, 1.165) is 16.6 Å². The lowest BCUT2D eigenvalue weighted by molar-refractivity contribution is -0.137. The number of sulfonamides is 1. The molecule has 9 heteroatoms. The number of nitrogens with one attached hydrogen (secondary N) is 1. The van der Waals surface area contributed by atoms with E-state index in [0.29, 0.717) is 5.56 Å². The summed E-state index contributed by atoms with van der Waals surface area (Å²) in [6, 6.07) is 8.99. The highest BCUT2D eigenvalue weighted by Crippen LogP contribution is 2.20. The maximum atomic E-state index is 12.3. The maximum absolute atomic E-state index is 12.3. The summed E-state index contributed by atoms with van der Waals surface area (Å²) in [5, 5.41) is 11.3. The molecule has 25 heavy (non-hydrogen) atoms. The van der Waals surface area contributed by atoms with Gasteiger partial charge in [-0.1, -0.05) is 30.3 Å². The number of nitrogens with zero attached hydrogens (tertiary/aromatic N) is 1. The average molecular weight is 366 g/mol. The maximum Gasteiger partial charge on any atom is 0.305 e. The van der Waals surface area contributed by atoms with Crippen molar-refractivity contribution in [3.63, 3.8) is 0 Å². The fourth-order valence-electron chi connectivity index (χ4n) is 2.10. The van der Waals surface area contributed by atoms with Gasteiger partial charge in [-0.2, -0.15) is 0 Å². The standard InChI is InChI=1S/C16H18N2O6S/c1-18(2)25(22,23)15-8-12(10-24-15)16(21)17-13(9-14(19)20)11-6-4-3-5-7-11/h3-8,10,13H,9H2,1-2H3,(H,17,21)(H,19,20). The molecule has 0 bridgehead atoms. The van der Waals surface area contributed by atoms with Crippen molar-refractivity contribution in [3.8, 4) is 0 Å². The number of hydrogen-bond donors (Lipinski definition) is 2. The first-order chi connectivity index (χ1) is 11.7. The van der Waals surface area contributed by atoms with E-state index in [9.17, 15) is 18.0 Å². The Labute approximate surface area is 145 Å². The number of carboxylic acids is 1. The van der Waals surface area contributed by atoms with Gasteiger partial charge in [-0.05, 0) is 5.56 Å². The second-order valence-electron chi connectivity index (χ2n) is 5.48. The number of hydrogen-bond acceptors (Lipinski definition) is 5. The number of carboxylic acid groups (broad SMARTS) is 1. The number of aliphatic carboxylic acids is 1. The first-order valence-corrected chi connectivity index (χ1v) is 8.74. The first kappa shape index (κ1) is 18.7. The van der Waals surface area contributed by atoms with E-state index in [4.69, 9.17) is 9.52 Å². The SMILES string of the molecule is CN(C)S(=O)(=O)c1cc(C(=O)NC(CC(=O)O)c2ccccc2)co1. The van der Waals surface area contributed by atoms with Crippen molar-refractivity contribution in [3.05, 3.63) is 53.8 Å². The lowest BCUT2D eigenvalue weighted by atomic mass is 10.0. The van der Waals surface area contributed by atoms with Crippen LogP contribution in [0.15, 0.2) is 52.2 Å². The molecule has 0 aliphatic heterocycles. The van der Waals surface area contributed by atoms with Crippen molar-refractivity contribution in [2.45, 2.75) is 17.6 Å². The van der Waals surface area contributed by atoms with Crippen LogP contribution in [-0.2, 0) is 14.8 Å². The van der Waals surface area contributed by atoms with Crippen LogP contribution in [0.3, 0.4) is 0 Å². The van der Waals surface area contributed by atoms with Crippen LogP contribution in [0.25, 0.3) is 0 Å². The van der Waals surface area contributed by atoms with Gasteiger partial charge < -0.3 is 14.8 Å². The van der Waals surface area contributed by atoms with Crippen molar-refractivity contribution in [1.29, 1.82) is 0 Å². The van der Waals surface area contributed by atoms with E-state index in [1.54, 1.807) is 30.3 Å². The van der Waals surface area contributed by atoms with Crippen LogP contribution >= 0.6 is 0 Å². The van der Waals surface area contributed by atoms with Gasteiger partial charge in [-0.3, -0.25) is 9.59 Å². The second kappa shape index (κ2) is 7.49. The van der Waals surface area contributed by atoms with Crippen molar-refractivity contribution in [2.24, 2.45) is 0 Å². The minimum atomic E-state index is -3.80. The average Bonchev–Trinajstić information content (AvgIpc) is 3.05. The van der Waals surface area contributed by atoms with Crippen molar-refractivity contribution in [2.75, 3.05) is 14.1 Å². The van der Waals surface area contributed by atoms with Gasteiger partial charge in [0.05, 0.1) is 18.0 Å². The van der Waals surface area contributed by atoms with Crippen LogP contribution in [0.4, 0.5) is 0 Å². The number of rotatable bonds is 7. The predicted octanol–water partition coefficient (Wildman–Crippen LogP) is 1.48. The van der Waals surface area contributed by atoms with E-state index >= 15 is 0 Å². The highest BCUT2D eigenvalue weighted by atomic mass is 32.2. The molecule has 2 aromatic rings. The molecule has 2 N–H and O–H groups in total. The van der Waals surface area contributed by atoms with Gasteiger partial charge in [-0.25, -0.2) is 12.7 Å². The van der Waals surface area contributed by atoms with Crippen molar-refractivity contribution in [1.82, 2.24) is 9.62 Å². The minimum absolute atomic E-state index is 0.00764. The zero-order valence-corrected chi connectivity index (χ0v) is 14.5. The van der Waals surface area contributed by atoms with Crippen LogP contribution < -0.4 is 5.32 Å². The van der Waals surface area contributed by atoms with Gasteiger partial charge in [0.2, 0.25) is 5.09 Å². The topological polar surface area (TPSA) is 117 Å². The molecular weight excluding hydrogens is 348 g/mol. The zero-order valence-electron chi connectivity index (χ0n) is 13.7. The Morgan fingerprint density at radius 3 is 2.44 bits per heavy atom. The number of amides is 1. The summed E-state index contributed by atoms with van der Waals surface area (Å²) < 4.78 is 29.9. The van der Waals surface area contributed by atoms with E-state index in [-0.39, 0.29) is 17.1 Å². The first-order valence-electron chi connectivity index (χ1n) is 7.30. The quantitative estimate of drug-likeness (QED) is 0.766. The van der Waals surface area contributed by atoms with Gasteiger partial charge in [0.1, 0.15) is 6.26 Å². The fraction of sp³-hybridized carbons (Fsp3) is 0.250. The van der Waals surface area contributed by atoms with Crippen LogP contribution in [0.5, 0.6) is 0 Å². The molecule has 1 atom stereocenters. The molecular formula is C16H18N2O6S. The Morgan fingerprint density at radius 1 is 1.24 bits per heavy atom. The fourth-order valence-corrected chi connectivity index (χ4v) is 2.91. The molecule has 1 unspecified atom stereocenters. The highest BCUT2D eigenvalue weighted by Gasteiger charge is 2.25. The van der Waals surface area contributed by atoms with Crippen LogP contribution in [0.1, 0.15) is 28.4 Å². The summed E-state index contributed by atoms with van der Waals surface area (Å²) in [6.45, 7) is 0. The molecule has 1 aromatic carbocycles. The Kier molecular flexibility index (Phi) is 5.60. The van der Waals surface area contributed by atoms with E-state index in [1.165, 1.54) is 14.1 Å². The lowest BCUT2D eigenvalue weighted by Gasteiger charge is -2.16. The van der Waals surface area contributed by atoms with E-state index in [2.05, 4.69) is 5.32 Å². The minimum Gasteiger partial charge on any atom is -0.481 e. The molecule has 0 aliphatic rings. The largest absolute Gasteiger partial charge is 0.481 e. The number of carbonyl (C=O) groups is 2. The number of benzene rings is 1. The third-order valence-corrected chi connectivity index (χ3v) is 5.14. The van der Waals surface area contributed by atoms with E-state index < -0.39 is 27.9 Å². The molecule has 0 saturated carbocycles. The Bertz CT molecular complexity index is 858. The third-order valence-electron chi connectivity index (χ3n) is 3.46. The summed E-state index contributed by atoms with van der Waals surface area (Å²) in [5.74, 6) is -1.70. The molecule has 0 radical (unpaired) electrons. The van der Waals surface area contributed by atoms with Gasteiger partial charge in [-0.15, -0.1) is 0 Å². The smallest absolute Gasteiger partial charge is 0.305 e. The molecule has 1 amide bonds. The molecule has 0 aliphatic carbocycles. The number of carbonyl (C=O) groups excluding carboxylic acids is 1. The highest BCUT2D eigenvalue weighted by molar-refractivity contribution is 7.88. The monoisotopic (exact) mass is 366 g/mol. The van der Waals surface area contributed by atoms with Crippen molar-refractivity contribution < 1.29 is 27.5 Å². The molecule has 0 spiro atoms. The van der Waals surface area contributed by atoms with Gasteiger partial charge in [0, 0.05) is 20.2 Å². The lowest BCUT2D eigenvalue weighted by Crippen LogP contribution is -2.30. The molecule has 0 saturated heterocycles. The Hall–Kier alpha value is -2.65. The Balaban J connectivity index is 2.22. The van der Waals surface area contributed by atoms with E-state index in [1.807, 2.05) is 0 Å². The molecule has 134 valence electrons. The van der Waals surface area contributed by atoms with Crippen molar-refractivity contribution >= 4 is 21.9 Å². The summed E-state index contributed by atoms with van der Waals surface area (Å²) in [7, 11) is -1.11. The molecule has 2 rings (SSSR count). The summed E-state index contributed by atoms with van der Waals surface area (Å²) in [4.78, 5) is 23.4. The second-order valence-corrected chi connectivity index (χ2v) is 7.56. The van der Waals surface area contributed by atoms with Crippen LogP contribution in [-0.4, -0.2) is 43.8 Å². The third kappa shape index (κ3) is 4.46. The van der Waals surface area contributed by atoms with Gasteiger partial charge >= 0.3 is 5.97 Å². The predicted molar refractivity (Wildman–Crippen MR) is 88.5 cm³/mol. The van der Waals surface area contributed by atoms with Gasteiger partial charge in [0.25, 0.3) is 15.9 Å². The summed E-state index contributed by atoms with van der Waals surface area (Å²) >= 11 is 0. The molecule has 8 nitrogen and oxygen atoms in total. The Morgan fingerprint density at radius 2 is 1.88 bits per heavy atom. The zero-order chi connectivity index (χ0) is 18.6. The summed E-state index contributed by atoms with van der Waals surface area (Å²) in [6.07, 6.45) is 0.713. The summed E-state index contributed by atoms with van der Waals surface area (Å²) in [5.41, 5.74) is 0.620. The van der Waals surface area contributed by atoms with Gasteiger partial charge in [0.15, 0.2) is 0 Å².